The van der Waals surface area contributed by atoms with Gasteiger partial charge in [-0.05, 0) is 24.3 Å². The zero-order chi connectivity index (χ0) is 21.8. The van der Waals surface area contributed by atoms with E-state index in [4.69, 9.17) is 28.9 Å². The Morgan fingerprint density at radius 3 is 2.03 bits per heavy atom. The monoisotopic (exact) mass is 462 g/mol. The Kier molecular flexibility index (Phi) is 4.82. The number of ketones is 2. The number of nitrogens with one attached hydrogen (secondary N) is 1. The second-order valence-electron chi connectivity index (χ2n) is 6.51. The van der Waals surface area contributed by atoms with Gasteiger partial charge < -0.3 is 11.1 Å². The molecule has 0 spiro atoms. The van der Waals surface area contributed by atoms with Crippen molar-refractivity contribution in [2.45, 2.75) is 4.90 Å². The van der Waals surface area contributed by atoms with Crippen LogP contribution < -0.4 is 11.1 Å². The van der Waals surface area contributed by atoms with E-state index in [1.165, 1.54) is 30.3 Å². The molecule has 30 heavy (non-hydrogen) atoms. The summed E-state index contributed by atoms with van der Waals surface area (Å²) in [5.41, 5.74) is 5.49. The number of benzene rings is 3. The summed E-state index contributed by atoms with van der Waals surface area (Å²) in [5.74, 6) is -1.16. The third-order valence-corrected chi connectivity index (χ3v) is 6.12. The molecule has 0 radical (unpaired) electrons. The highest BCUT2D eigenvalue weighted by Gasteiger charge is 2.36. The Hall–Kier alpha value is -2.91. The molecule has 0 unspecified atom stereocenters. The molecule has 3 aromatic rings. The van der Waals surface area contributed by atoms with Crippen LogP contribution in [0.3, 0.4) is 0 Å². The highest BCUT2D eigenvalue weighted by Crippen LogP contribution is 2.40. The molecular formula is C20H12Cl2N2O5S. The first-order valence-corrected chi connectivity index (χ1v) is 10.6. The quantitative estimate of drug-likeness (QED) is 0.305. The van der Waals surface area contributed by atoms with Crippen LogP contribution in [-0.4, -0.2) is 24.5 Å². The van der Waals surface area contributed by atoms with E-state index in [9.17, 15) is 22.6 Å². The van der Waals surface area contributed by atoms with Crippen molar-refractivity contribution in [1.29, 1.82) is 0 Å². The third-order valence-electron chi connectivity index (χ3n) is 4.68. The van der Waals surface area contributed by atoms with Gasteiger partial charge in [0.1, 0.15) is 4.90 Å². The van der Waals surface area contributed by atoms with Crippen LogP contribution in [0.1, 0.15) is 31.8 Å². The summed E-state index contributed by atoms with van der Waals surface area (Å²) in [5, 5.41) is 3.41. The number of carbonyl (C=O) groups excluding carboxylic acids is 2. The lowest BCUT2D eigenvalue weighted by Crippen LogP contribution is -2.25. The van der Waals surface area contributed by atoms with Crippen molar-refractivity contribution in [2.24, 2.45) is 0 Å². The van der Waals surface area contributed by atoms with Crippen molar-refractivity contribution in [1.82, 2.24) is 0 Å². The summed E-state index contributed by atoms with van der Waals surface area (Å²) in [7, 11) is -4.80. The van der Waals surface area contributed by atoms with Crippen LogP contribution in [0.2, 0.25) is 10.0 Å². The molecule has 0 atom stereocenters. The minimum atomic E-state index is -4.80. The number of fused-ring (bicyclic) bond motifs is 2. The molecule has 0 bridgehead atoms. The second kappa shape index (κ2) is 7.10. The fourth-order valence-corrected chi connectivity index (χ4v) is 4.44. The van der Waals surface area contributed by atoms with Gasteiger partial charge in [-0.3, -0.25) is 14.1 Å². The summed E-state index contributed by atoms with van der Waals surface area (Å²) < 4.78 is 33.4. The van der Waals surface area contributed by atoms with Gasteiger partial charge in [0.2, 0.25) is 0 Å². The molecule has 0 aromatic heterocycles. The lowest BCUT2D eigenvalue weighted by atomic mass is 9.82. The predicted molar refractivity (Wildman–Crippen MR) is 114 cm³/mol. The average molecular weight is 463 g/mol. The van der Waals surface area contributed by atoms with Crippen LogP contribution >= 0.6 is 23.2 Å². The van der Waals surface area contributed by atoms with Gasteiger partial charge in [0.05, 0.1) is 33.2 Å². The Labute approximate surface area is 181 Å². The van der Waals surface area contributed by atoms with Crippen LogP contribution in [0.5, 0.6) is 0 Å². The number of hydrogen-bond acceptors (Lipinski definition) is 6. The van der Waals surface area contributed by atoms with E-state index in [0.717, 1.165) is 6.07 Å². The first-order valence-electron chi connectivity index (χ1n) is 8.44. The first-order chi connectivity index (χ1) is 14.1. The lowest BCUT2D eigenvalue weighted by Gasteiger charge is -2.23. The van der Waals surface area contributed by atoms with Gasteiger partial charge in [-0.25, -0.2) is 0 Å². The molecular weight excluding hydrogens is 451 g/mol. The van der Waals surface area contributed by atoms with Crippen molar-refractivity contribution in [3.8, 4) is 0 Å². The maximum Gasteiger partial charge on any atom is 0.296 e. The van der Waals surface area contributed by atoms with Crippen LogP contribution in [0.25, 0.3) is 0 Å². The standard InChI is InChI=1S/C20H12Cl2N2O5S/c21-9-5-6-13(12(22)7-9)24-14-8-15(30(27,28)29)18(23)17-16(14)19(25)10-3-1-2-4-11(10)20(17)26/h1-8,24H,23H2,(H,27,28,29). The predicted octanol–water partition coefficient (Wildman–Crippen LogP) is 4.34. The van der Waals surface area contributed by atoms with E-state index in [0.29, 0.717) is 10.7 Å². The molecule has 0 saturated carbocycles. The summed E-state index contributed by atoms with van der Waals surface area (Å²) in [4.78, 5) is 25.6. The van der Waals surface area contributed by atoms with Crippen molar-refractivity contribution < 1.29 is 22.6 Å². The van der Waals surface area contributed by atoms with E-state index in [1.807, 2.05) is 0 Å². The van der Waals surface area contributed by atoms with Crippen LogP contribution in [0.15, 0.2) is 53.4 Å². The lowest BCUT2D eigenvalue weighted by molar-refractivity contribution is 0.0980. The molecule has 4 rings (SSSR count). The van der Waals surface area contributed by atoms with Crippen LogP contribution in [0, 0.1) is 0 Å². The smallest absolute Gasteiger partial charge is 0.296 e. The second-order valence-corrected chi connectivity index (χ2v) is 8.75. The molecule has 0 saturated heterocycles. The molecule has 0 amide bonds. The fourth-order valence-electron chi connectivity index (χ4n) is 3.34. The number of anilines is 3. The molecule has 7 nitrogen and oxygen atoms in total. The molecule has 152 valence electrons. The number of carbonyl (C=O) groups is 2. The zero-order valence-corrected chi connectivity index (χ0v) is 17.3. The maximum absolute atomic E-state index is 13.2. The number of nitrogens with two attached hydrogens (primary N) is 1. The summed E-state index contributed by atoms with van der Waals surface area (Å²) in [6.07, 6.45) is 0. The van der Waals surface area contributed by atoms with E-state index in [-0.39, 0.29) is 33.0 Å². The first kappa shape index (κ1) is 20.4. The van der Waals surface area contributed by atoms with Gasteiger partial charge in [-0.1, -0.05) is 47.5 Å². The van der Waals surface area contributed by atoms with Crippen molar-refractivity contribution in [3.63, 3.8) is 0 Å². The molecule has 10 heteroatoms. The van der Waals surface area contributed by atoms with Crippen LogP contribution in [-0.2, 0) is 10.1 Å². The molecule has 1 aliphatic carbocycles. The van der Waals surface area contributed by atoms with Gasteiger partial charge >= 0.3 is 0 Å². The molecule has 3 aromatic carbocycles. The van der Waals surface area contributed by atoms with E-state index in [1.54, 1.807) is 12.1 Å². The highest BCUT2D eigenvalue weighted by molar-refractivity contribution is 7.86. The Morgan fingerprint density at radius 2 is 1.47 bits per heavy atom. The van der Waals surface area contributed by atoms with Gasteiger partial charge in [-0.2, -0.15) is 8.42 Å². The molecule has 4 N–H and O–H groups in total. The minimum absolute atomic E-state index is 0.0519. The maximum atomic E-state index is 13.2. The fraction of sp³-hybridized carbons (Fsp3) is 0. The van der Waals surface area contributed by atoms with Crippen molar-refractivity contribution in [2.75, 3.05) is 11.1 Å². The number of rotatable bonds is 3. The minimum Gasteiger partial charge on any atom is -0.397 e. The number of nitrogen functional groups attached to an aromatic ring is 1. The molecule has 0 aliphatic heterocycles. The largest absolute Gasteiger partial charge is 0.397 e. The molecule has 1 aliphatic rings. The van der Waals surface area contributed by atoms with Crippen molar-refractivity contribution >= 4 is 61.9 Å². The van der Waals surface area contributed by atoms with E-state index < -0.39 is 32.3 Å². The SMILES string of the molecule is Nc1c(S(=O)(=O)O)cc(Nc2ccc(Cl)cc2Cl)c2c1C(=O)c1ccccc1C2=O. The van der Waals surface area contributed by atoms with Gasteiger partial charge in [0.15, 0.2) is 11.6 Å². The highest BCUT2D eigenvalue weighted by atomic mass is 35.5. The van der Waals surface area contributed by atoms with Gasteiger partial charge in [-0.15, -0.1) is 0 Å². The third kappa shape index (κ3) is 3.23. The van der Waals surface area contributed by atoms with E-state index >= 15 is 0 Å². The average Bonchev–Trinajstić information content (AvgIpc) is 2.68. The van der Waals surface area contributed by atoms with Crippen molar-refractivity contribution in [3.05, 3.63) is 80.8 Å². The normalized spacial score (nSPS) is 13.0. The summed E-state index contributed by atoms with van der Waals surface area (Å²) >= 11 is 12.1. The zero-order valence-electron chi connectivity index (χ0n) is 14.9. The summed E-state index contributed by atoms with van der Waals surface area (Å²) in [6, 6.07) is 11.6. The van der Waals surface area contributed by atoms with E-state index in [2.05, 4.69) is 5.32 Å². The number of hydrogen-bond donors (Lipinski definition) is 3. The Morgan fingerprint density at radius 1 is 0.867 bits per heavy atom. The number of halogens is 2. The summed E-state index contributed by atoms with van der Waals surface area (Å²) in [6.45, 7) is 0. The Bertz CT molecular complexity index is 1370. The topological polar surface area (TPSA) is 127 Å². The molecule has 0 fully saturated rings. The van der Waals surface area contributed by atoms with Crippen LogP contribution in [0.4, 0.5) is 17.1 Å². The van der Waals surface area contributed by atoms with Gasteiger partial charge in [0.25, 0.3) is 10.1 Å². The Balaban J connectivity index is 2.03. The van der Waals surface area contributed by atoms with Gasteiger partial charge in [0, 0.05) is 16.1 Å². The molecule has 0 heterocycles.